The van der Waals surface area contributed by atoms with E-state index in [2.05, 4.69) is 5.32 Å². The lowest BCUT2D eigenvalue weighted by atomic mass is 10.0. The zero-order valence-electron chi connectivity index (χ0n) is 16.5. The highest BCUT2D eigenvalue weighted by atomic mass is 35.5. The standard InChI is InChI=1S/C18H25ClF3N3O3S/c1-4-17(2,3)23-16(26)12-24-7-9-25(10-8-24)29(27,28)13-5-6-15(19)14(11-13)18(20,21)22/h5-6,11H,4,7-10,12H2,1-3H3,(H,23,26). The van der Waals surface area contributed by atoms with Gasteiger partial charge in [0.15, 0.2) is 0 Å². The summed E-state index contributed by atoms with van der Waals surface area (Å²) in [5, 5.41) is 2.36. The molecule has 1 fully saturated rings. The van der Waals surface area contributed by atoms with Crippen LogP contribution in [0.4, 0.5) is 13.2 Å². The minimum Gasteiger partial charge on any atom is -0.350 e. The predicted molar refractivity (Wildman–Crippen MR) is 104 cm³/mol. The number of nitrogens with zero attached hydrogens (tertiary/aromatic N) is 2. The van der Waals surface area contributed by atoms with Crippen LogP contribution < -0.4 is 5.32 Å². The quantitative estimate of drug-likeness (QED) is 0.716. The van der Waals surface area contributed by atoms with Crippen LogP contribution in [0.1, 0.15) is 32.8 Å². The predicted octanol–water partition coefficient (Wildman–Crippen LogP) is 2.97. The van der Waals surface area contributed by atoms with E-state index in [9.17, 15) is 26.4 Å². The molecule has 0 aliphatic carbocycles. The Morgan fingerprint density at radius 2 is 1.76 bits per heavy atom. The first-order valence-electron chi connectivity index (χ1n) is 9.16. The first-order chi connectivity index (χ1) is 13.3. The van der Waals surface area contributed by atoms with Crippen molar-refractivity contribution in [3.8, 4) is 0 Å². The number of amides is 1. The molecule has 1 aromatic rings. The molecule has 164 valence electrons. The second kappa shape index (κ2) is 8.79. The largest absolute Gasteiger partial charge is 0.417 e. The molecule has 1 aliphatic heterocycles. The molecule has 0 aromatic heterocycles. The van der Waals surface area contributed by atoms with E-state index >= 15 is 0 Å². The average molecular weight is 456 g/mol. The van der Waals surface area contributed by atoms with E-state index in [4.69, 9.17) is 11.6 Å². The Balaban J connectivity index is 2.04. The average Bonchev–Trinajstić information content (AvgIpc) is 2.61. The van der Waals surface area contributed by atoms with Crippen LogP contribution in [0, 0.1) is 0 Å². The van der Waals surface area contributed by atoms with Crippen molar-refractivity contribution in [2.75, 3.05) is 32.7 Å². The number of halogens is 4. The molecule has 6 nitrogen and oxygen atoms in total. The van der Waals surface area contributed by atoms with Gasteiger partial charge in [-0.1, -0.05) is 18.5 Å². The van der Waals surface area contributed by atoms with Crippen molar-refractivity contribution in [3.63, 3.8) is 0 Å². The highest BCUT2D eigenvalue weighted by molar-refractivity contribution is 7.89. The Morgan fingerprint density at radius 3 is 2.28 bits per heavy atom. The van der Waals surface area contributed by atoms with Gasteiger partial charge < -0.3 is 5.32 Å². The number of hydrogen-bond donors (Lipinski definition) is 1. The van der Waals surface area contributed by atoms with E-state index in [1.807, 2.05) is 25.7 Å². The van der Waals surface area contributed by atoms with Crippen molar-refractivity contribution in [2.45, 2.75) is 43.8 Å². The molecule has 0 unspecified atom stereocenters. The number of nitrogens with one attached hydrogen (secondary N) is 1. The fraction of sp³-hybridized carbons (Fsp3) is 0.611. The van der Waals surface area contributed by atoms with Crippen molar-refractivity contribution in [1.29, 1.82) is 0 Å². The van der Waals surface area contributed by atoms with Crippen molar-refractivity contribution >= 4 is 27.5 Å². The SMILES string of the molecule is CCC(C)(C)NC(=O)CN1CCN(S(=O)(=O)c2ccc(Cl)c(C(F)(F)F)c2)CC1. The van der Waals surface area contributed by atoms with Crippen LogP contribution >= 0.6 is 11.6 Å². The highest BCUT2D eigenvalue weighted by Crippen LogP contribution is 2.36. The summed E-state index contributed by atoms with van der Waals surface area (Å²) in [5.41, 5.74) is -1.51. The molecule has 1 aliphatic rings. The molecule has 1 aromatic carbocycles. The maximum Gasteiger partial charge on any atom is 0.417 e. The topological polar surface area (TPSA) is 69.7 Å². The van der Waals surface area contributed by atoms with E-state index < -0.39 is 31.7 Å². The second-order valence-electron chi connectivity index (χ2n) is 7.61. The fourth-order valence-corrected chi connectivity index (χ4v) is 4.54. The molecule has 0 radical (unpaired) electrons. The third-order valence-corrected chi connectivity index (χ3v) is 7.17. The molecule has 0 spiro atoms. The Kier molecular flexibility index (Phi) is 7.25. The van der Waals surface area contributed by atoms with E-state index in [0.717, 1.165) is 22.9 Å². The van der Waals surface area contributed by atoms with Gasteiger partial charge in [-0.15, -0.1) is 0 Å². The number of carbonyl (C=O) groups excluding carboxylic acids is 1. The molecule has 0 saturated carbocycles. The number of alkyl halides is 3. The summed E-state index contributed by atoms with van der Waals surface area (Å²) in [7, 11) is -4.10. The maximum absolute atomic E-state index is 13.0. The summed E-state index contributed by atoms with van der Waals surface area (Å²) in [6, 6.07) is 2.57. The lowest BCUT2D eigenvalue weighted by Crippen LogP contribution is -2.53. The Bertz CT molecular complexity index is 852. The van der Waals surface area contributed by atoms with Crippen molar-refractivity contribution in [2.24, 2.45) is 0 Å². The van der Waals surface area contributed by atoms with Crippen LogP contribution in [0.3, 0.4) is 0 Å². The summed E-state index contributed by atoms with van der Waals surface area (Å²) in [4.78, 5) is 13.5. The number of rotatable bonds is 6. The van der Waals surface area contributed by atoms with E-state index in [-0.39, 0.29) is 31.1 Å². The molecule has 1 saturated heterocycles. The summed E-state index contributed by atoms with van der Waals surface area (Å²) < 4.78 is 65.7. The van der Waals surface area contributed by atoms with Gasteiger partial charge in [-0.3, -0.25) is 9.69 Å². The van der Waals surface area contributed by atoms with Crippen molar-refractivity contribution < 1.29 is 26.4 Å². The van der Waals surface area contributed by atoms with E-state index in [1.54, 1.807) is 0 Å². The number of benzene rings is 1. The summed E-state index contributed by atoms with van der Waals surface area (Å²) in [6.45, 7) is 6.69. The molecule has 11 heteroatoms. The van der Waals surface area contributed by atoms with Crippen LogP contribution in [0.15, 0.2) is 23.1 Å². The normalized spacial score (nSPS) is 17.3. The van der Waals surface area contributed by atoms with Crippen molar-refractivity contribution in [3.05, 3.63) is 28.8 Å². The van der Waals surface area contributed by atoms with Crippen LogP contribution in [-0.4, -0.2) is 61.8 Å². The molecule has 1 heterocycles. The zero-order chi connectivity index (χ0) is 22.0. The molecule has 2 rings (SSSR count). The maximum atomic E-state index is 13.0. The second-order valence-corrected chi connectivity index (χ2v) is 9.95. The molecule has 0 atom stereocenters. The van der Waals surface area contributed by atoms with Crippen molar-refractivity contribution in [1.82, 2.24) is 14.5 Å². The first-order valence-corrected chi connectivity index (χ1v) is 11.0. The molecular formula is C18H25ClF3N3O3S. The number of carbonyl (C=O) groups is 1. The summed E-state index contributed by atoms with van der Waals surface area (Å²) in [5.74, 6) is -0.152. The number of sulfonamides is 1. The van der Waals surface area contributed by atoms with Gasteiger partial charge in [-0.05, 0) is 38.5 Å². The Hall–Kier alpha value is -1.36. The molecule has 29 heavy (non-hydrogen) atoms. The minimum atomic E-state index is -4.75. The lowest BCUT2D eigenvalue weighted by Gasteiger charge is -2.34. The monoisotopic (exact) mass is 455 g/mol. The highest BCUT2D eigenvalue weighted by Gasteiger charge is 2.36. The minimum absolute atomic E-state index is 0.0801. The van der Waals surface area contributed by atoms with Gasteiger partial charge in [-0.2, -0.15) is 17.5 Å². The van der Waals surface area contributed by atoms with Gasteiger partial charge in [-0.25, -0.2) is 8.42 Å². The van der Waals surface area contributed by atoms with Gasteiger partial charge in [0.25, 0.3) is 0 Å². The molecule has 1 N–H and O–H groups in total. The smallest absolute Gasteiger partial charge is 0.350 e. The zero-order valence-corrected chi connectivity index (χ0v) is 18.1. The van der Waals surface area contributed by atoms with Gasteiger partial charge in [0.2, 0.25) is 15.9 Å². The van der Waals surface area contributed by atoms with E-state index in [1.165, 1.54) is 0 Å². The van der Waals surface area contributed by atoms with Gasteiger partial charge in [0.1, 0.15) is 0 Å². The van der Waals surface area contributed by atoms with Crippen LogP contribution in [0.2, 0.25) is 5.02 Å². The van der Waals surface area contributed by atoms with Gasteiger partial charge >= 0.3 is 6.18 Å². The number of hydrogen-bond acceptors (Lipinski definition) is 4. The van der Waals surface area contributed by atoms with Crippen LogP contribution in [0.25, 0.3) is 0 Å². The Morgan fingerprint density at radius 1 is 1.17 bits per heavy atom. The lowest BCUT2D eigenvalue weighted by molar-refractivity contribution is -0.137. The Labute approximate surface area is 174 Å². The molecule has 0 bridgehead atoms. The number of piperazine rings is 1. The summed E-state index contributed by atoms with van der Waals surface area (Å²) in [6.07, 6.45) is -3.98. The van der Waals surface area contributed by atoms with Gasteiger partial charge in [0, 0.05) is 31.7 Å². The third kappa shape index (κ3) is 6.07. The first kappa shape index (κ1) is 23.9. The fourth-order valence-electron chi connectivity index (χ4n) is 2.87. The summed E-state index contributed by atoms with van der Waals surface area (Å²) >= 11 is 5.57. The van der Waals surface area contributed by atoms with Crippen LogP contribution in [-0.2, 0) is 21.0 Å². The van der Waals surface area contributed by atoms with E-state index in [0.29, 0.717) is 19.2 Å². The third-order valence-electron chi connectivity index (χ3n) is 4.94. The van der Waals surface area contributed by atoms with Crippen LogP contribution in [0.5, 0.6) is 0 Å². The molecule has 1 amide bonds. The van der Waals surface area contributed by atoms with Gasteiger partial charge in [0.05, 0.1) is 22.0 Å². The molecular weight excluding hydrogens is 431 g/mol.